The van der Waals surface area contributed by atoms with Gasteiger partial charge in [0.05, 0.1) is 37.0 Å². The van der Waals surface area contributed by atoms with Crippen molar-refractivity contribution in [2.45, 2.75) is 12.7 Å². The van der Waals surface area contributed by atoms with Crippen molar-refractivity contribution >= 4 is 23.3 Å². The van der Waals surface area contributed by atoms with E-state index in [-0.39, 0.29) is 18.0 Å². The van der Waals surface area contributed by atoms with E-state index in [0.717, 1.165) is 62.4 Å². The summed E-state index contributed by atoms with van der Waals surface area (Å²) in [5.41, 5.74) is 1.82. The summed E-state index contributed by atoms with van der Waals surface area (Å²) in [4.78, 5) is 15.2. The number of fused-ring (bicyclic) bond motifs is 1. The molecule has 2 aromatic heterocycles. The van der Waals surface area contributed by atoms with Crippen molar-refractivity contribution in [2.24, 2.45) is 0 Å². The Morgan fingerprint density at radius 2 is 1.66 bits per heavy atom. The molecule has 0 aliphatic carbocycles. The lowest BCUT2D eigenvalue weighted by Crippen LogP contribution is -2.38. The first kappa shape index (κ1) is 25.0. The highest BCUT2D eigenvalue weighted by molar-refractivity contribution is 5.85. The molecule has 0 amide bonds. The lowest BCUT2D eigenvalue weighted by Gasteiger charge is -2.26. The number of alkyl halides is 3. The van der Waals surface area contributed by atoms with E-state index < -0.39 is 11.7 Å². The molecule has 5 rings (SSSR count). The van der Waals surface area contributed by atoms with Gasteiger partial charge in [-0.25, -0.2) is 0 Å². The molecule has 0 atom stereocenters. The average Bonchev–Trinajstić information content (AvgIpc) is 3.25. The number of rotatable bonds is 5. The number of morpholine rings is 1. The van der Waals surface area contributed by atoms with Crippen LogP contribution in [0.1, 0.15) is 5.56 Å². The molecule has 4 aromatic rings. The summed E-state index contributed by atoms with van der Waals surface area (Å²) >= 11 is 0. The Kier molecular flexibility index (Phi) is 7.30. The van der Waals surface area contributed by atoms with Crippen LogP contribution in [0.3, 0.4) is 0 Å². The number of aromatic nitrogens is 3. The number of benzene rings is 2. The summed E-state index contributed by atoms with van der Waals surface area (Å²) in [5, 5.41) is 5.44. The maximum atomic E-state index is 12.8. The average molecular weight is 505 g/mol. The molecule has 0 spiro atoms. The molecule has 1 aliphatic heterocycles. The van der Waals surface area contributed by atoms with Gasteiger partial charge in [-0.2, -0.15) is 18.3 Å². The van der Waals surface area contributed by atoms with E-state index in [2.05, 4.69) is 10.00 Å². The van der Waals surface area contributed by atoms with Gasteiger partial charge in [0, 0.05) is 43.0 Å². The van der Waals surface area contributed by atoms with Crippen LogP contribution >= 0.6 is 12.4 Å². The maximum Gasteiger partial charge on any atom is 0.416 e. The molecule has 1 saturated heterocycles. The summed E-state index contributed by atoms with van der Waals surface area (Å²) in [6.45, 7) is 5.03. The minimum absolute atomic E-state index is 0. The second-order valence-corrected chi connectivity index (χ2v) is 8.26. The Hall–Kier alpha value is -3.14. The lowest BCUT2D eigenvalue weighted by atomic mass is 10.0. The first-order valence-electron chi connectivity index (χ1n) is 11.0. The van der Waals surface area contributed by atoms with Crippen molar-refractivity contribution in [1.29, 1.82) is 0 Å². The fourth-order valence-electron chi connectivity index (χ4n) is 4.19. The molecule has 1 fully saturated rings. The zero-order valence-corrected chi connectivity index (χ0v) is 19.6. The zero-order valence-electron chi connectivity index (χ0n) is 18.7. The molecule has 10 heteroatoms. The first-order chi connectivity index (χ1) is 16.4. The third-order valence-corrected chi connectivity index (χ3v) is 6.10. The number of hydrogen-bond acceptors (Lipinski definition) is 4. The summed E-state index contributed by atoms with van der Waals surface area (Å²) in [7, 11) is 0. The van der Waals surface area contributed by atoms with E-state index in [1.807, 2.05) is 22.9 Å². The van der Waals surface area contributed by atoms with Gasteiger partial charge in [-0.1, -0.05) is 12.1 Å². The van der Waals surface area contributed by atoms with Gasteiger partial charge in [0.1, 0.15) is 0 Å². The molecule has 2 aromatic carbocycles. The molecule has 0 saturated carbocycles. The van der Waals surface area contributed by atoms with Crippen molar-refractivity contribution in [3.05, 3.63) is 82.9 Å². The second kappa shape index (κ2) is 10.2. The van der Waals surface area contributed by atoms with Crippen molar-refractivity contribution in [3.8, 4) is 16.8 Å². The standard InChI is InChI=1S/C25H23F3N4O2.ClH/c26-25(27,28)21-3-1-18(2-4-21)19-7-8-31(24(33)16-19)22-5-6-23-20(15-22)17-29-32(23)10-9-30-11-13-34-14-12-30;/h1-8,15-17H,9-14H2;1H. The Balaban J connectivity index is 0.00000289. The summed E-state index contributed by atoms with van der Waals surface area (Å²) in [6, 6.07) is 13.7. The molecule has 3 heterocycles. The number of pyridine rings is 1. The maximum absolute atomic E-state index is 12.8. The largest absolute Gasteiger partial charge is 0.416 e. The molecule has 0 bridgehead atoms. The lowest BCUT2D eigenvalue weighted by molar-refractivity contribution is -0.137. The molecular formula is C25H24ClF3N4O2. The number of ether oxygens (including phenoxy) is 1. The molecule has 184 valence electrons. The zero-order chi connectivity index (χ0) is 23.7. The minimum Gasteiger partial charge on any atom is -0.379 e. The van der Waals surface area contributed by atoms with Gasteiger partial charge in [-0.15, -0.1) is 12.4 Å². The number of hydrogen-bond donors (Lipinski definition) is 0. The van der Waals surface area contributed by atoms with Gasteiger partial charge in [0.25, 0.3) is 5.56 Å². The molecule has 0 N–H and O–H groups in total. The smallest absolute Gasteiger partial charge is 0.379 e. The van der Waals surface area contributed by atoms with Crippen LogP contribution < -0.4 is 5.56 Å². The highest BCUT2D eigenvalue weighted by Gasteiger charge is 2.30. The van der Waals surface area contributed by atoms with Gasteiger partial charge < -0.3 is 4.74 Å². The Bertz CT molecular complexity index is 1360. The SMILES string of the molecule is Cl.O=c1cc(-c2ccc(C(F)(F)F)cc2)ccn1-c1ccc2c(cnn2CCN2CCOCC2)c1. The van der Waals surface area contributed by atoms with E-state index in [4.69, 9.17) is 4.74 Å². The summed E-state index contributed by atoms with van der Waals surface area (Å²) < 4.78 is 47.3. The predicted octanol–water partition coefficient (Wildman–Crippen LogP) is 4.63. The van der Waals surface area contributed by atoms with E-state index in [0.29, 0.717) is 16.8 Å². The van der Waals surface area contributed by atoms with Gasteiger partial charge in [0.15, 0.2) is 0 Å². The van der Waals surface area contributed by atoms with Crippen LogP contribution in [-0.2, 0) is 17.5 Å². The third-order valence-electron chi connectivity index (χ3n) is 6.10. The van der Waals surface area contributed by atoms with Gasteiger partial charge >= 0.3 is 6.18 Å². The van der Waals surface area contributed by atoms with Crippen molar-refractivity contribution in [1.82, 2.24) is 19.2 Å². The first-order valence-corrected chi connectivity index (χ1v) is 11.0. The summed E-state index contributed by atoms with van der Waals surface area (Å²) in [5.74, 6) is 0. The van der Waals surface area contributed by atoms with E-state index in [9.17, 15) is 18.0 Å². The highest BCUT2D eigenvalue weighted by atomic mass is 35.5. The van der Waals surface area contributed by atoms with Crippen LogP contribution in [0.4, 0.5) is 13.2 Å². The van der Waals surface area contributed by atoms with Crippen molar-refractivity contribution < 1.29 is 17.9 Å². The monoisotopic (exact) mass is 504 g/mol. The summed E-state index contributed by atoms with van der Waals surface area (Å²) in [6.07, 6.45) is -0.962. The fourth-order valence-corrected chi connectivity index (χ4v) is 4.19. The second-order valence-electron chi connectivity index (χ2n) is 8.26. The van der Waals surface area contributed by atoms with Crippen LogP contribution in [0.5, 0.6) is 0 Å². The Morgan fingerprint density at radius 1 is 0.914 bits per heavy atom. The molecule has 0 radical (unpaired) electrons. The van der Waals surface area contributed by atoms with Crippen LogP contribution in [0, 0.1) is 0 Å². The predicted molar refractivity (Wildman–Crippen MR) is 130 cm³/mol. The van der Waals surface area contributed by atoms with Crippen LogP contribution in [-0.4, -0.2) is 52.1 Å². The Labute approximate surface area is 205 Å². The fraction of sp³-hybridized carbons (Fsp3) is 0.280. The van der Waals surface area contributed by atoms with Crippen molar-refractivity contribution in [2.75, 3.05) is 32.8 Å². The molecular weight excluding hydrogens is 481 g/mol. The third kappa shape index (κ3) is 5.42. The number of halogens is 4. The molecule has 0 unspecified atom stereocenters. The normalized spacial score (nSPS) is 14.7. The van der Waals surface area contributed by atoms with E-state index in [1.165, 1.54) is 22.8 Å². The van der Waals surface area contributed by atoms with E-state index in [1.54, 1.807) is 18.5 Å². The van der Waals surface area contributed by atoms with Crippen LogP contribution in [0.2, 0.25) is 0 Å². The molecule has 6 nitrogen and oxygen atoms in total. The quantitative estimate of drug-likeness (QED) is 0.398. The van der Waals surface area contributed by atoms with Gasteiger partial charge in [-0.3, -0.25) is 18.9 Å². The van der Waals surface area contributed by atoms with E-state index >= 15 is 0 Å². The molecule has 1 aliphatic rings. The number of nitrogens with zero attached hydrogens (tertiary/aromatic N) is 4. The Morgan fingerprint density at radius 3 is 2.34 bits per heavy atom. The topological polar surface area (TPSA) is 52.3 Å². The molecule has 35 heavy (non-hydrogen) atoms. The minimum atomic E-state index is -4.39. The van der Waals surface area contributed by atoms with Gasteiger partial charge in [0.2, 0.25) is 0 Å². The van der Waals surface area contributed by atoms with Crippen LogP contribution in [0.25, 0.3) is 27.7 Å². The highest BCUT2D eigenvalue weighted by Crippen LogP contribution is 2.30. The van der Waals surface area contributed by atoms with Gasteiger partial charge in [-0.05, 0) is 47.5 Å². The van der Waals surface area contributed by atoms with Crippen LogP contribution in [0.15, 0.2) is 71.8 Å². The van der Waals surface area contributed by atoms with Crippen molar-refractivity contribution in [3.63, 3.8) is 0 Å².